The van der Waals surface area contributed by atoms with Crippen molar-refractivity contribution in [3.05, 3.63) is 23.2 Å². The highest BCUT2D eigenvalue weighted by atomic mass is 35.5. The average Bonchev–Trinajstić information content (AvgIpc) is 2.43. The molecule has 0 heterocycles. The fraction of sp³-hybridized carbons (Fsp3) is 0.533. The Morgan fingerprint density at radius 2 is 2.09 bits per heavy atom. The zero-order chi connectivity index (χ0) is 17.6. The van der Waals surface area contributed by atoms with Crippen molar-refractivity contribution in [3.8, 4) is 5.75 Å². The van der Waals surface area contributed by atoms with Crippen LogP contribution in [0.15, 0.2) is 18.2 Å². The van der Waals surface area contributed by atoms with E-state index in [-0.39, 0.29) is 23.5 Å². The van der Waals surface area contributed by atoms with Gasteiger partial charge in [0.1, 0.15) is 12.3 Å². The first-order valence-corrected chi connectivity index (χ1v) is 9.52. The SMILES string of the molecule is CCC[C@H](C)NC(=O)CN(c1ccc(OC)c(Cl)c1)S(C)(=O)=O. The highest BCUT2D eigenvalue weighted by Crippen LogP contribution is 2.30. The van der Waals surface area contributed by atoms with Crippen molar-refractivity contribution in [3.63, 3.8) is 0 Å². The summed E-state index contributed by atoms with van der Waals surface area (Å²) in [5, 5.41) is 3.06. The number of hydrogen-bond donors (Lipinski definition) is 1. The van der Waals surface area contributed by atoms with E-state index in [1.807, 2.05) is 13.8 Å². The number of rotatable bonds is 8. The Morgan fingerprint density at radius 3 is 2.57 bits per heavy atom. The molecular weight excluding hydrogens is 340 g/mol. The Kier molecular flexibility index (Phi) is 7.15. The van der Waals surface area contributed by atoms with Gasteiger partial charge in [-0.2, -0.15) is 0 Å². The molecule has 8 heteroatoms. The second-order valence-corrected chi connectivity index (χ2v) is 7.66. The summed E-state index contributed by atoms with van der Waals surface area (Å²) in [4.78, 5) is 12.1. The minimum atomic E-state index is -3.62. The van der Waals surface area contributed by atoms with E-state index in [0.29, 0.717) is 11.4 Å². The second-order valence-electron chi connectivity index (χ2n) is 5.35. The highest BCUT2D eigenvalue weighted by molar-refractivity contribution is 7.92. The first-order valence-electron chi connectivity index (χ1n) is 7.29. The van der Waals surface area contributed by atoms with Crippen LogP contribution in [0, 0.1) is 0 Å². The molecule has 1 rings (SSSR count). The van der Waals surface area contributed by atoms with E-state index < -0.39 is 10.0 Å². The Balaban J connectivity index is 2.98. The van der Waals surface area contributed by atoms with E-state index in [4.69, 9.17) is 16.3 Å². The first-order chi connectivity index (χ1) is 10.7. The standard InChI is InChI=1S/C15H23ClN2O4S/c1-5-6-11(2)17-15(19)10-18(23(4,20)21)12-7-8-14(22-3)13(16)9-12/h7-9,11H,5-6,10H2,1-4H3,(H,17,19)/t11-/m0/s1. The number of carbonyl (C=O) groups excluding carboxylic acids is 1. The molecule has 1 amide bonds. The lowest BCUT2D eigenvalue weighted by molar-refractivity contribution is -0.120. The number of anilines is 1. The van der Waals surface area contributed by atoms with E-state index in [1.54, 1.807) is 12.1 Å². The summed E-state index contributed by atoms with van der Waals surface area (Å²) in [7, 11) is -2.15. The molecule has 0 bridgehead atoms. The van der Waals surface area contributed by atoms with E-state index in [2.05, 4.69) is 5.32 Å². The van der Waals surface area contributed by atoms with Crippen molar-refractivity contribution in [1.29, 1.82) is 0 Å². The highest BCUT2D eigenvalue weighted by Gasteiger charge is 2.22. The zero-order valence-corrected chi connectivity index (χ0v) is 15.4. The van der Waals surface area contributed by atoms with Gasteiger partial charge < -0.3 is 10.1 Å². The summed E-state index contributed by atoms with van der Waals surface area (Å²) in [6.45, 7) is 3.61. The molecule has 0 saturated heterocycles. The Morgan fingerprint density at radius 1 is 1.43 bits per heavy atom. The average molecular weight is 363 g/mol. The number of sulfonamides is 1. The lowest BCUT2D eigenvalue weighted by Gasteiger charge is -2.23. The van der Waals surface area contributed by atoms with Crippen LogP contribution in [0.25, 0.3) is 0 Å². The quantitative estimate of drug-likeness (QED) is 0.770. The minimum Gasteiger partial charge on any atom is -0.495 e. The molecule has 1 N–H and O–H groups in total. The molecule has 0 fully saturated rings. The fourth-order valence-electron chi connectivity index (χ4n) is 2.17. The van der Waals surface area contributed by atoms with Gasteiger partial charge in [0.25, 0.3) is 0 Å². The summed E-state index contributed by atoms with van der Waals surface area (Å²) < 4.78 is 30.1. The van der Waals surface area contributed by atoms with Gasteiger partial charge in [-0.3, -0.25) is 9.10 Å². The summed E-state index contributed by atoms with van der Waals surface area (Å²) in [5.74, 6) is 0.0770. The van der Waals surface area contributed by atoms with Crippen LogP contribution in [0.1, 0.15) is 26.7 Å². The van der Waals surface area contributed by atoms with Crippen molar-refractivity contribution < 1.29 is 17.9 Å². The molecule has 0 aliphatic rings. The van der Waals surface area contributed by atoms with Crippen LogP contribution in [0.2, 0.25) is 5.02 Å². The molecule has 0 saturated carbocycles. The number of amides is 1. The van der Waals surface area contributed by atoms with Crippen molar-refractivity contribution in [1.82, 2.24) is 5.32 Å². The predicted octanol–water partition coefficient (Wildman–Crippen LogP) is 2.42. The number of benzene rings is 1. The maximum atomic E-state index is 12.1. The molecule has 0 aliphatic heterocycles. The molecule has 1 aromatic rings. The van der Waals surface area contributed by atoms with Gasteiger partial charge >= 0.3 is 0 Å². The summed E-state index contributed by atoms with van der Waals surface area (Å²) in [6, 6.07) is 4.57. The normalized spacial score (nSPS) is 12.6. The first kappa shape index (κ1) is 19.6. The number of halogens is 1. The van der Waals surface area contributed by atoms with Gasteiger partial charge in [0.2, 0.25) is 15.9 Å². The smallest absolute Gasteiger partial charge is 0.240 e. The lowest BCUT2D eigenvalue weighted by atomic mass is 10.2. The number of hydrogen-bond acceptors (Lipinski definition) is 4. The van der Waals surface area contributed by atoms with Crippen LogP contribution in [0.4, 0.5) is 5.69 Å². The lowest BCUT2D eigenvalue weighted by Crippen LogP contribution is -2.43. The molecule has 0 radical (unpaired) electrons. The molecule has 0 unspecified atom stereocenters. The third-order valence-corrected chi connectivity index (χ3v) is 4.68. The van der Waals surface area contributed by atoms with Crippen molar-refractivity contribution >= 4 is 33.2 Å². The largest absolute Gasteiger partial charge is 0.495 e. The Labute approximate surface area is 142 Å². The van der Waals surface area contributed by atoms with Gasteiger partial charge in [-0.15, -0.1) is 0 Å². The van der Waals surface area contributed by atoms with E-state index in [1.165, 1.54) is 13.2 Å². The van der Waals surface area contributed by atoms with E-state index in [9.17, 15) is 13.2 Å². The molecule has 23 heavy (non-hydrogen) atoms. The monoisotopic (exact) mass is 362 g/mol. The molecular formula is C15H23ClN2O4S. The molecule has 0 spiro atoms. The number of nitrogens with one attached hydrogen (secondary N) is 1. The number of nitrogens with zero attached hydrogens (tertiary/aromatic N) is 1. The van der Waals surface area contributed by atoms with Crippen LogP contribution in [-0.4, -0.2) is 40.3 Å². The second kappa shape index (κ2) is 8.40. The third-order valence-electron chi connectivity index (χ3n) is 3.24. The van der Waals surface area contributed by atoms with Gasteiger partial charge in [0, 0.05) is 6.04 Å². The van der Waals surface area contributed by atoms with Gasteiger partial charge in [-0.1, -0.05) is 24.9 Å². The van der Waals surface area contributed by atoms with Crippen LogP contribution in [-0.2, 0) is 14.8 Å². The van der Waals surface area contributed by atoms with E-state index >= 15 is 0 Å². The minimum absolute atomic E-state index is 0.00614. The number of carbonyl (C=O) groups is 1. The molecule has 1 aromatic carbocycles. The molecule has 0 aliphatic carbocycles. The molecule has 130 valence electrons. The number of ether oxygens (including phenoxy) is 1. The zero-order valence-electron chi connectivity index (χ0n) is 13.8. The van der Waals surface area contributed by atoms with Crippen molar-refractivity contribution in [2.45, 2.75) is 32.7 Å². The predicted molar refractivity (Wildman–Crippen MR) is 92.7 cm³/mol. The fourth-order valence-corrected chi connectivity index (χ4v) is 3.27. The van der Waals surface area contributed by atoms with Crippen LogP contribution in [0.3, 0.4) is 0 Å². The van der Waals surface area contributed by atoms with Gasteiger partial charge in [0.05, 0.1) is 24.1 Å². The Hall–Kier alpha value is -1.47. The molecule has 1 atom stereocenters. The van der Waals surface area contributed by atoms with Gasteiger partial charge in [-0.25, -0.2) is 8.42 Å². The van der Waals surface area contributed by atoms with Gasteiger partial charge in [0.15, 0.2) is 0 Å². The Bertz CT molecular complexity index is 649. The molecule has 0 aromatic heterocycles. The molecule has 6 nitrogen and oxygen atoms in total. The van der Waals surface area contributed by atoms with Crippen molar-refractivity contribution in [2.75, 3.05) is 24.2 Å². The topological polar surface area (TPSA) is 75.7 Å². The van der Waals surface area contributed by atoms with Crippen molar-refractivity contribution in [2.24, 2.45) is 0 Å². The van der Waals surface area contributed by atoms with E-state index in [0.717, 1.165) is 23.4 Å². The summed E-state index contributed by atoms with van der Waals surface area (Å²) in [5.41, 5.74) is 0.316. The number of methoxy groups -OCH3 is 1. The summed E-state index contributed by atoms with van der Waals surface area (Å²) in [6.07, 6.45) is 2.82. The van der Waals surface area contributed by atoms with Crippen LogP contribution >= 0.6 is 11.6 Å². The summed E-state index contributed by atoms with van der Waals surface area (Å²) >= 11 is 6.04. The van der Waals surface area contributed by atoms with Crippen LogP contribution in [0.5, 0.6) is 5.75 Å². The van der Waals surface area contributed by atoms with Crippen LogP contribution < -0.4 is 14.4 Å². The third kappa shape index (κ3) is 5.91. The van der Waals surface area contributed by atoms with Gasteiger partial charge in [-0.05, 0) is 31.5 Å². The maximum Gasteiger partial charge on any atom is 0.240 e. The maximum absolute atomic E-state index is 12.1.